The molecule has 0 radical (unpaired) electrons. The summed E-state index contributed by atoms with van der Waals surface area (Å²) in [6.07, 6.45) is 0.652. The number of nitrogens with zero attached hydrogens (tertiary/aromatic N) is 2. The van der Waals surface area contributed by atoms with Gasteiger partial charge in [-0.1, -0.05) is 24.3 Å². The molecular weight excluding hydrogens is 496 g/mol. The number of hydrogen-bond acceptors (Lipinski definition) is 5. The molecule has 39 heavy (non-hydrogen) atoms. The van der Waals surface area contributed by atoms with Gasteiger partial charge in [-0.15, -0.1) is 0 Å². The van der Waals surface area contributed by atoms with Gasteiger partial charge in [-0.25, -0.2) is 9.69 Å². The lowest BCUT2D eigenvalue weighted by Crippen LogP contribution is -2.49. The molecule has 2 aliphatic heterocycles. The van der Waals surface area contributed by atoms with E-state index in [1.807, 2.05) is 36.4 Å². The number of urea groups is 1. The number of carbonyl (C=O) groups is 3. The van der Waals surface area contributed by atoms with Gasteiger partial charge in [-0.05, 0) is 60.9 Å². The lowest BCUT2D eigenvalue weighted by Gasteiger charge is -2.35. The van der Waals surface area contributed by atoms with Gasteiger partial charge in [0.2, 0.25) is 0 Å². The molecule has 6 rings (SSSR count). The van der Waals surface area contributed by atoms with Gasteiger partial charge >= 0.3 is 6.03 Å². The third kappa shape index (κ3) is 3.80. The Morgan fingerprint density at radius 1 is 1.00 bits per heavy atom. The summed E-state index contributed by atoms with van der Waals surface area (Å²) in [6, 6.07) is 19.5. The molecule has 2 N–H and O–H groups in total. The van der Waals surface area contributed by atoms with Crippen LogP contribution in [0, 0.1) is 0 Å². The average molecular weight is 525 g/mol. The molecule has 3 aromatic carbocycles. The van der Waals surface area contributed by atoms with Gasteiger partial charge < -0.3 is 24.7 Å². The number of hydrogen-bond donors (Lipinski definition) is 2. The summed E-state index contributed by atoms with van der Waals surface area (Å²) in [4.78, 5) is 46.8. The van der Waals surface area contributed by atoms with Gasteiger partial charge in [-0.2, -0.15) is 0 Å². The largest absolute Gasteiger partial charge is 0.497 e. The van der Waals surface area contributed by atoms with Crippen molar-refractivity contribution in [3.8, 4) is 11.5 Å². The molecule has 0 aliphatic carbocycles. The number of imide groups is 1. The first-order valence-corrected chi connectivity index (χ1v) is 12.7. The second-order valence-electron chi connectivity index (χ2n) is 9.88. The highest BCUT2D eigenvalue weighted by Crippen LogP contribution is 2.45. The summed E-state index contributed by atoms with van der Waals surface area (Å²) >= 11 is 0. The number of carbonyl (C=O) groups excluding carboxylic acids is 3. The quantitative estimate of drug-likeness (QED) is 0.365. The van der Waals surface area contributed by atoms with E-state index in [9.17, 15) is 14.4 Å². The molecular formula is C30H28N4O5. The van der Waals surface area contributed by atoms with Crippen LogP contribution >= 0.6 is 0 Å². The number of ether oxygens (including phenoxy) is 2. The number of aromatic nitrogens is 1. The predicted octanol–water partition coefficient (Wildman–Crippen LogP) is 4.36. The van der Waals surface area contributed by atoms with E-state index in [1.165, 1.54) is 4.90 Å². The fourth-order valence-electron chi connectivity index (χ4n) is 5.66. The normalized spacial score (nSPS) is 18.2. The second-order valence-corrected chi connectivity index (χ2v) is 9.88. The molecule has 0 bridgehead atoms. The van der Waals surface area contributed by atoms with Crippen LogP contribution in [0.2, 0.25) is 0 Å². The molecule has 198 valence electrons. The van der Waals surface area contributed by atoms with Crippen LogP contribution in [0.25, 0.3) is 10.9 Å². The number of anilines is 1. The summed E-state index contributed by atoms with van der Waals surface area (Å²) < 4.78 is 10.6. The molecule has 4 amide bonds. The van der Waals surface area contributed by atoms with Crippen LogP contribution in [-0.2, 0) is 23.3 Å². The van der Waals surface area contributed by atoms with Crippen molar-refractivity contribution in [1.82, 2.24) is 15.2 Å². The van der Waals surface area contributed by atoms with Crippen molar-refractivity contribution in [3.63, 3.8) is 0 Å². The summed E-state index contributed by atoms with van der Waals surface area (Å²) in [5.74, 6) is 0.560. The van der Waals surface area contributed by atoms with E-state index in [0.717, 1.165) is 27.7 Å². The Kier molecular flexibility index (Phi) is 5.79. The number of methoxy groups -OCH3 is 2. The zero-order valence-electron chi connectivity index (χ0n) is 21.9. The van der Waals surface area contributed by atoms with E-state index in [4.69, 9.17) is 9.47 Å². The molecule has 4 aromatic rings. The summed E-state index contributed by atoms with van der Waals surface area (Å²) in [5, 5.41) is 3.96. The Morgan fingerprint density at radius 3 is 2.49 bits per heavy atom. The van der Waals surface area contributed by atoms with Crippen molar-refractivity contribution < 1.29 is 23.9 Å². The first kappa shape index (κ1) is 24.5. The molecule has 0 spiro atoms. The number of H-pyrrole nitrogens is 1. The highest BCUT2D eigenvalue weighted by Gasteiger charge is 2.59. The molecule has 1 fully saturated rings. The third-order valence-corrected chi connectivity index (χ3v) is 7.70. The standard InChI is InChI=1S/C30H28N4O5/c1-30-26-24(23-9-4-5-10-25(23)32-26)11-12-33(30)29(37)34(28(30)36)20-8-6-7-19(15-20)27(35)31-17-18-13-21(38-2)16-22(14-18)39-3/h4-10,13-16,32H,11-12,17H2,1-3H3,(H,31,35). The van der Waals surface area contributed by atoms with E-state index < -0.39 is 11.6 Å². The molecule has 2 aliphatic rings. The Bertz CT molecular complexity index is 1620. The van der Waals surface area contributed by atoms with Gasteiger partial charge in [0.1, 0.15) is 11.5 Å². The van der Waals surface area contributed by atoms with Crippen molar-refractivity contribution in [2.75, 3.05) is 25.7 Å². The zero-order valence-corrected chi connectivity index (χ0v) is 21.9. The Morgan fingerprint density at radius 2 is 1.74 bits per heavy atom. The maximum Gasteiger partial charge on any atom is 0.332 e. The number of benzene rings is 3. The Hall–Kier alpha value is -4.79. The van der Waals surface area contributed by atoms with Gasteiger partial charge in [0.05, 0.1) is 25.6 Å². The second kappa shape index (κ2) is 9.20. The first-order chi connectivity index (χ1) is 18.8. The number of para-hydroxylation sites is 1. The Labute approximate surface area is 225 Å². The lowest BCUT2D eigenvalue weighted by molar-refractivity contribution is -0.125. The van der Waals surface area contributed by atoms with Crippen LogP contribution in [0.4, 0.5) is 10.5 Å². The van der Waals surface area contributed by atoms with Crippen LogP contribution in [-0.4, -0.2) is 48.5 Å². The zero-order chi connectivity index (χ0) is 27.3. The average Bonchev–Trinajstić information content (AvgIpc) is 3.44. The van der Waals surface area contributed by atoms with Gasteiger partial charge in [0.15, 0.2) is 5.54 Å². The third-order valence-electron chi connectivity index (χ3n) is 7.70. The van der Waals surface area contributed by atoms with Crippen molar-refractivity contribution in [2.45, 2.75) is 25.4 Å². The minimum atomic E-state index is -1.16. The van der Waals surface area contributed by atoms with E-state index >= 15 is 0 Å². The molecule has 9 heteroatoms. The molecule has 1 unspecified atom stereocenters. The molecule has 1 atom stereocenters. The molecule has 3 heterocycles. The monoisotopic (exact) mass is 524 g/mol. The van der Waals surface area contributed by atoms with Crippen molar-refractivity contribution >= 4 is 34.4 Å². The summed E-state index contributed by atoms with van der Waals surface area (Å²) in [5.41, 5.74) is 3.09. The van der Waals surface area contributed by atoms with Gasteiger partial charge in [-0.3, -0.25) is 9.59 Å². The first-order valence-electron chi connectivity index (χ1n) is 12.7. The minimum absolute atomic E-state index is 0.243. The number of fused-ring (bicyclic) bond motifs is 5. The smallest absolute Gasteiger partial charge is 0.332 e. The van der Waals surface area contributed by atoms with Gasteiger partial charge in [0, 0.05) is 35.6 Å². The SMILES string of the molecule is COc1cc(CNC(=O)c2cccc(N3C(=O)N4CCc5c([nH]c6ccccc56)C4(C)C3=O)c2)cc(OC)c1. The molecule has 1 aromatic heterocycles. The van der Waals surface area contributed by atoms with Crippen LogP contribution in [0.15, 0.2) is 66.7 Å². The van der Waals surface area contributed by atoms with Crippen molar-refractivity contribution in [3.05, 3.63) is 89.1 Å². The predicted molar refractivity (Wildman–Crippen MR) is 146 cm³/mol. The van der Waals surface area contributed by atoms with E-state index in [-0.39, 0.29) is 18.4 Å². The summed E-state index contributed by atoms with van der Waals surface area (Å²) in [7, 11) is 3.13. The van der Waals surface area contributed by atoms with Crippen molar-refractivity contribution in [1.29, 1.82) is 0 Å². The highest BCUT2D eigenvalue weighted by molar-refractivity contribution is 6.24. The molecule has 9 nitrogen and oxygen atoms in total. The minimum Gasteiger partial charge on any atom is -0.497 e. The topological polar surface area (TPSA) is 104 Å². The molecule has 0 saturated carbocycles. The maximum atomic E-state index is 13.9. The van der Waals surface area contributed by atoms with Crippen LogP contribution in [0.1, 0.15) is 34.1 Å². The Balaban J connectivity index is 1.27. The van der Waals surface area contributed by atoms with Crippen LogP contribution in [0.3, 0.4) is 0 Å². The number of nitrogens with one attached hydrogen (secondary N) is 2. The fourth-order valence-corrected chi connectivity index (χ4v) is 5.66. The van der Waals surface area contributed by atoms with E-state index in [1.54, 1.807) is 56.4 Å². The van der Waals surface area contributed by atoms with E-state index in [0.29, 0.717) is 35.7 Å². The fraction of sp³-hybridized carbons (Fsp3) is 0.233. The van der Waals surface area contributed by atoms with Gasteiger partial charge in [0.25, 0.3) is 11.8 Å². The van der Waals surface area contributed by atoms with Crippen LogP contribution < -0.4 is 19.7 Å². The van der Waals surface area contributed by atoms with Crippen molar-refractivity contribution in [2.24, 2.45) is 0 Å². The lowest BCUT2D eigenvalue weighted by atomic mass is 9.87. The number of aromatic amines is 1. The molecule has 1 saturated heterocycles. The van der Waals surface area contributed by atoms with Crippen LogP contribution in [0.5, 0.6) is 11.5 Å². The van der Waals surface area contributed by atoms with E-state index in [2.05, 4.69) is 10.3 Å². The highest BCUT2D eigenvalue weighted by atomic mass is 16.5. The number of amides is 4. The maximum absolute atomic E-state index is 13.9. The summed E-state index contributed by atoms with van der Waals surface area (Å²) in [6.45, 7) is 2.46. The number of rotatable bonds is 6.